The molecule has 0 aromatic heterocycles. The summed E-state index contributed by atoms with van der Waals surface area (Å²) in [5.74, 6) is -1.68. The van der Waals surface area contributed by atoms with Gasteiger partial charge < -0.3 is 15.5 Å². The average Bonchev–Trinajstić information content (AvgIpc) is 2.20. The van der Waals surface area contributed by atoms with Crippen LogP contribution in [0.15, 0.2) is 29.4 Å². The number of aliphatic carboxylic acids is 1. The number of hydrogen-bond donors (Lipinski definition) is 2. The number of carboxylic acids is 1. The number of carboxylic acid groups (broad SMARTS) is 1. The largest absolute Gasteiger partial charge is 1.00 e. The van der Waals surface area contributed by atoms with Gasteiger partial charge >= 0.3 is 35.5 Å². The quantitative estimate of drug-likeness (QED) is 0.161. The third-order valence-electron chi connectivity index (χ3n) is 1.36. The van der Waals surface area contributed by atoms with Crippen LogP contribution in [0.3, 0.4) is 0 Å². The van der Waals surface area contributed by atoms with Gasteiger partial charge in [0.2, 0.25) is 0 Å². The molecule has 0 unspecified atom stereocenters. The number of rotatable bonds is 7. The zero-order valence-electron chi connectivity index (χ0n) is 9.64. The van der Waals surface area contributed by atoms with Crippen LogP contribution < -0.4 is 40.0 Å². The molecule has 0 saturated carbocycles. The number of allylic oxidation sites excluding steroid dienone is 1. The Labute approximate surface area is 117 Å². The van der Waals surface area contributed by atoms with E-state index in [9.17, 15) is 9.90 Å². The van der Waals surface area contributed by atoms with Crippen molar-refractivity contribution in [2.75, 3.05) is 13.1 Å². The molecule has 0 atom stereocenters. The summed E-state index contributed by atoms with van der Waals surface area (Å²) in [5.41, 5.74) is 0. The Morgan fingerprint density at radius 2 is 2.19 bits per heavy atom. The van der Waals surface area contributed by atoms with Gasteiger partial charge in [0.25, 0.3) is 0 Å². The zero-order valence-corrected chi connectivity index (χ0v) is 11.6. The number of aliphatic imine (C=N–C) groups is 1. The average molecular weight is 234 g/mol. The Morgan fingerprint density at radius 3 is 2.75 bits per heavy atom. The van der Waals surface area contributed by atoms with E-state index in [1.165, 1.54) is 0 Å². The Morgan fingerprint density at radius 1 is 1.50 bits per heavy atom. The molecular weight excluding hydrogens is 219 g/mol. The van der Waals surface area contributed by atoms with Crippen molar-refractivity contribution in [1.82, 2.24) is 5.32 Å². The van der Waals surface area contributed by atoms with Crippen LogP contribution in [-0.2, 0) is 4.79 Å². The summed E-state index contributed by atoms with van der Waals surface area (Å²) in [6.45, 7) is 2.91. The Kier molecular flexibility index (Phi) is 13.5. The van der Waals surface area contributed by atoms with Crippen LogP contribution in [0.4, 0.5) is 0 Å². The molecule has 0 aliphatic heterocycles. The van der Waals surface area contributed by atoms with Crippen molar-refractivity contribution in [3.63, 3.8) is 0 Å². The monoisotopic (exact) mass is 234 g/mol. The van der Waals surface area contributed by atoms with Gasteiger partial charge in [-0.3, -0.25) is 4.99 Å². The smallest absolute Gasteiger partial charge is 0.859 e. The normalized spacial score (nSPS) is 11.7. The van der Waals surface area contributed by atoms with Gasteiger partial charge in [0.15, 0.2) is 0 Å². The molecule has 0 aliphatic rings. The van der Waals surface area contributed by atoms with Crippen LogP contribution >= 0.6 is 0 Å². The second-order valence-corrected chi connectivity index (χ2v) is 2.66. The van der Waals surface area contributed by atoms with Crippen LogP contribution in [0, 0.1) is 0 Å². The second-order valence-electron chi connectivity index (χ2n) is 2.66. The maximum absolute atomic E-state index is 10.9. The number of carbonyl (C=O) groups is 1. The first kappa shape index (κ1) is 17.6. The summed E-state index contributed by atoms with van der Waals surface area (Å²) >= 11 is 0. The second kappa shape index (κ2) is 12.3. The summed E-state index contributed by atoms with van der Waals surface area (Å²) in [6.07, 6.45) is 6.41. The first-order valence-electron chi connectivity index (χ1n) is 4.67. The van der Waals surface area contributed by atoms with Crippen molar-refractivity contribution >= 4 is 11.9 Å². The molecule has 2 N–H and O–H groups in total. The Bertz CT molecular complexity index is 275. The third-order valence-corrected chi connectivity index (χ3v) is 1.36. The standard InChI is InChI=1S/C10H16N2O3.Na/c1-2-3-6-11-7-8-12-9(13)4-5-10(14)15;/h3-6,11H,2,7-8H2,1H3,(H,12,13)(H,14,15);/q;+1/p-1/b5-4+,6-3+;. The number of hydrogen-bond acceptors (Lipinski definition) is 4. The summed E-state index contributed by atoms with van der Waals surface area (Å²) in [5, 5.41) is 22.0. The van der Waals surface area contributed by atoms with Crippen molar-refractivity contribution in [2.24, 2.45) is 4.99 Å². The van der Waals surface area contributed by atoms with Crippen molar-refractivity contribution in [1.29, 1.82) is 0 Å². The minimum atomic E-state index is -1.15. The van der Waals surface area contributed by atoms with Gasteiger partial charge in [-0.15, -0.1) is 0 Å². The Hall–Kier alpha value is -0.780. The molecule has 0 spiro atoms. The molecule has 0 amide bonds. The molecule has 0 saturated heterocycles. The van der Waals surface area contributed by atoms with Crippen LogP contribution in [0.1, 0.15) is 13.3 Å². The Balaban J connectivity index is 0. The molecular formula is C10H15N2NaO3. The molecule has 0 radical (unpaired) electrons. The first-order chi connectivity index (χ1) is 7.16. The van der Waals surface area contributed by atoms with Crippen LogP contribution in [0.2, 0.25) is 0 Å². The molecule has 0 rings (SSSR count). The van der Waals surface area contributed by atoms with E-state index in [1.807, 2.05) is 13.0 Å². The molecule has 0 fully saturated rings. The molecule has 0 aliphatic carbocycles. The summed E-state index contributed by atoms with van der Waals surface area (Å²) < 4.78 is 0. The fourth-order valence-corrected chi connectivity index (χ4v) is 0.710. The SMILES string of the molecule is CC/C=C/NCCN=C([O-])/C=C/C(=O)O.[Na+]. The minimum absolute atomic E-state index is 0. The summed E-state index contributed by atoms with van der Waals surface area (Å²) in [6, 6.07) is 0. The van der Waals surface area contributed by atoms with Crippen LogP contribution in [0.25, 0.3) is 0 Å². The van der Waals surface area contributed by atoms with E-state index in [1.54, 1.807) is 6.20 Å². The van der Waals surface area contributed by atoms with E-state index in [4.69, 9.17) is 5.11 Å². The molecule has 0 aromatic rings. The van der Waals surface area contributed by atoms with Gasteiger partial charge in [-0.05, 0) is 24.6 Å². The van der Waals surface area contributed by atoms with E-state index < -0.39 is 11.9 Å². The van der Waals surface area contributed by atoms with E-state index in [-0.39, 0.29) is 29.6 Å². The van der Waals surface area contributed by atoms with E-state index in [2.05, 4.69) is 10.3 Å². The number of nitrogens with zero attached hydrogens (tertiary/aromatic N) is 1. The summed E-state index contributed by atoms with van der Waals surface area (Å²) in [7, 11) is 0. The van der Waals surface area contributed by atoms with Gasteiger partial charge in [0, 0.05) is 12.6 Å². The summed E-state index contributed by atoms with van der Waals surface area (Å²) in [4.78, 5) is 13.7. The van der Waals surface area contributed by atoms with Crippen LogP contribution in [-0.4, -0.2) is 30.1 Å². The van der Waals surface area contributed by atoms with E-state index in [0.717, 1.165) is 18.6 Å². The molecule has 0 heterocycles. The molecule has 0 bridgehead atoms. The fourth-order valence-electron chi connectivity index (χ4n) is 0.710. The molecule has 5 nitrogen and oxygen atoms in total. The van der Waals surface area contributed by atoms with Crippen molar-refractivity contribution in [3.05, 3.63) is 24.4 Å². The first-order valence-corrected chi connectivity index (χ1v) is 4.67. The predicted octanol–water partition coefficient (Wildman–Crippen LogP) is -3.10. The molecule has 6 heteroatoms. The van der Waals surface area contributed by atoms with Gasteiger partial charge in [0.05, 0.1) is 6.54 Å². The van der Waals surface area contributed by atoms with Gasteiger partial charge in [-0.25, -0.2) is 4.79 Å². The van der Waals surface area contributed by atoms with Gasteiger partial charge in [-0.2, -0.15) is 0 Å². The van der Waals surface area contributed by atoms with Gasteiger partial charge in [0.1, 0.15) is 0 Å². The molecule has 0 aromatic carbocycles. The molecule has 16 heavy (non-hydrogen) atoms. The van der Waals surface area contributed by atoms with E-state index in [0.29, 0.717) is 13.1 Å². The molecule has 84 valence electrons. The van der Waals surface area contributed by atoms with Crippen LogP contribution in [0.5, 0.6) is 0 Å². The van der Waals surface area contributed by atoms with E-state index >= 15 is 0 Å². The maximum atomic E-state index is 10.9. The van der Waals surface area contributed by atoms with Crippen molar-refractivity contribution in [3.8, 4) is 0 Å². The van der Waals surface area contributed by atoms with Crippen molar-refractivity contribution < 1.29 is 44.6 Å². The van der Waals surface area contributed by atoms with Gasteiger partial charge in [-0.1, -0.05) is 13.0 Å². The topological polar surface area (TPSA) is 84.8 Å². The zero-order chi connectivity index (χ0) is 11.5. The predicted molar refractivity (Wildman–Crippen MR) is 56.5 cm³/mol. The fraction of sp³-hybridized carbons (Fsp3) is 0.400. The number of nitrogens with one attached hydrogen (secondary N) is 1. The van der Waals surface area contributed by atoms with Crippen molar-refractivity contribution in [2.45, 2.75) is 13.3 Å². The maximum Gasteiger partial charge on any atom is 1.00 e. The third kappa shape index (κ3) is 13.2. The minimum Gasteiger partial charge on any atom is -0.859 e.